The summed E-state index contributed by atoms with van der Waals surface area (Å²) in [4.78, 5) is 0.0808. The Kier molecular flexibility index (Phi) is 10.0. The quantitative estimate of drug-likeness (QED) is 0.107. The van der Waals surface area contributed by atoms with Crippen LogP contribution in [0.25, 0.3) is 0 Å². The van der Waals surface area contributed by atoms with Crippen molar-refractivity contribution in [1.82, 2.24) is 5.32 Å². The number of ether oxygens (including phenoxy) is 1. The molecule has 2 atom stereocenters. The lowest BCUT2D eigenvalue weighted by atomic mass is 10.0. The molecule has 3 rings (SSSR count). The third-order valence-corrected chi connectivity index (χ3v) is 6.81. The molecule has 3 aromatic carbocycles. The molecule has 0 fully saturated rings. The normalized spacial score (nSPS) is 13.2. The van der Waals surface area contributed by atoms with E-state index in [1.54, 1.807) is 12.1 Å². The van der Waals surface area contributed by atoms with Crippen molar-refractivity contribution >= 4 is 10.1 Å². The summed E-state index contributed by atoms with van der Waals surface area (Å²) in [6, 6.07) is 25.5. The molecule has 0 aliphatic carbocycles. The van der Waals surface area contributed by atoms with E-state index in [1.165, 1.54) is 12.1 Å². The Bertz CT molecular complexity index is 1220. The minimum absolute atomic E-state index is 0.0808. The molecular formula is C27H32N4O4S. The number of nitrogens with one attached hydrogen (secondary N) is 1. The van der Waals surface area contributed by atoms with E-state index in [4.69, 9.17) is 14.8 Å². The van der Waals surface area contributed by atoms with Gasteiger partial charge in [-0.1, -0.05) is 83.6 Å². The van der Waals surface area contributed by atoms with Gasteiger partial charge in [0.25, 0.3) is 10.1 Å². The highest BCUT2D eigenvalue weighted by atomic mass is 32.2. The number of nitrogens with zero attached hydrogens (tertiary/aromatic N) is 2. The largest absolute Gasteiger partial charge is 0.475 e. The molecule has 0 heterocycles. The fourth-order valence-corrected chi connectivity index (χ4v) is 4.66. The summed E-state index contributed by atoms with van der Waals surface area (Å²) in [7, 11) is -4.03. The summed E-state index contributed by atoms with van der Waals surface area (Å²) < 4.78 is 37.4. The van der Waals surface area contributed by atoms with Gasteiger partial charge in [-0.25, -0.2) is 0 Å². The van der Waals surface area contributed by atoms with Crippen LogP contribution in [0.4, 0.5) is 0 Å². The van der Waals surface area contributed by atoms with Gasteiger partial charge in [0, 0.05) is 13.0 Å². The molecule has 0 bridgehead atoms. The minimum Gasteiger partial charge on any atom is -0.475 e. The molecule has 0 spiro atoms. The van der Waals surface area contributed by atoms with Crippen LogP contribution in [-0.2, 0) is 32.1 Å². The second-order valence-electron chi connectivity index (χ2n) is 8.37. The van der Waals surface area contributed by atoms with Gasteiger partial charge in [0.2, 0.25) is 0 Å². The molecule has 0 saturated heterocycles. The van der Waals surface area contributed by atoms with Gasteiger partial charge < -0.3 is 15.9 Å². The standard InChI is InChI=1S/C27H32N4O4S/c1-21-13-15-27(16-14-21)36(32,33)35-26(18-25(30-31-28)17-23-9-5-3-6-10-23)19-29-22(2)34-20-24-11-7-4-8-12-24/h3-16,25-26,29H,2,17-20H2,1H3,(H2,28,30)/t25-,26-/m0/s1. The van der Waals surface area contributed by atoms with Crippen LogP contribution in [0, 0.1) is 6.92 Å². The third-order valence-electron chi connectivity index (χ3n) is 5.43. The molecule has 0 aliphatic rings. The van der Waals surface area contributed by atoms with Gasteiger partial charge in [-0.2, -0.15) is 13.5 Å². The van der Waals surface area contributed by atoms with Crippen molar-refractivity contribution in [2.75, 3.05) is 6.54 Å². The topological polar surface area (TPSA) is 115 Å². The zero-order valence-electron chi connectivity index (χ0n) is 20.3. The molecule has 190 valence electrons. The Morgan fingerprint density at radius 2 is 1.58 bits per heavy atom. The Labute approximate surface area is 213 Å². The zero-order chi connectivity index (χ0) is 25.8. The van der Waals surface area contributed by atoms with Gasteiger partial charge in [0.15, 0.2) is 5.88 Å². The second-order valence-corrected chi connectivity index (χ2v) is 9.95. The molecule has 36 heavy (non-hydrogen) atoms. The molecule has 0 unspecified atom stereocenters. The van der Waals surface area contributed by atoms with Crippen molar-refractivity contribution in [1.29, 1.82) is 0 Å². The number of nitrogens with two attached hydrogens (primary N) is 1. The Morgan fingerprint density at radius 1 is 0.972 bits per heavy atom. The highest BCUT2D eigenvalue weighted by Crippen LogP contribution is 2.20. The first-order valence-electron chi connectivity index (χ1n) is 11.6. The zero-order valence-corrected chi connectivity index (χ0v) is 21.1. The maximum atomic E-state index is 13.0. The summed E-state index contributed by atoms with van der Waals surface area (Å²) in [5.41, 5.74) is 2.96. The van der Waals surface area contributed by atoms with Crippen molar-refractivity contribution in [3.05, 3.63) is 114 Å². The SMILES string of the molecule is C=C(NC[C@H](C[C@H](Cc1ccccc1)N=NN)OS(=O)(=O)c1ccc(C)cc1)OCc1ccccc1. The summed E-state index contributed by atoms with van der Waals surface area (Å²) in [6.07, 6.45) is -0.00975. The molecule has 0 aromatic heterocycles. The minimum atomic E-state index is -4.03. The Morgan fingerprint density at radius 3 is 2.19 bits per heavy atom. The molecule has 3 aromatic rings. The summed E-state index contributed by atoms with van der Waals surface area (Å²) in [6.45, 7) is 6.24. The van der Waals surface area contributed by atoms with Gasteiger partial charge in [0.1, 0.15) is 6.61 Å². The molecule has 3 N–H and O–H groups in total. The van der Waals surface area contributed by atoms with Gasteiger partial charge >= 0.3 is 0 Å². The number of hydrogen-bond acceptors (Lipinski definition) is 7. The van der Waals surface area contributed by atoms with Gasteiger partial charge in [-0.3, -0.25) is 4.18 Å². The van der Waals surface area contributed by atoms with Crippen LogP contribution in [-0.4, -0.2) is 27.1 Å². The first-order chi connectivity index (χ1) is 17.4. The number of benzene rings is 3. The van der Waals surface area contributed by atoms with Crippen molar-refractivity contribution in [3.63, 3.8) is 0 Å². The van der Waals surface area contributed by atoms with E-state index in [0.717, 1.165) is 16.7 Å². The monoisotopic (exact) mass is 508 g/mol. The molecule has 0 amide bonds. The average Bonchev–Trinajstić information content (AvgIpc) is 2.87. The molecule has 0 aliphatic heterocycles. The van der Waals surface area contributed by atoms with Crippen molar-refractivity contribution in [2.24, 2.45) is 16.2 Å². The number of hydrogen-bond donors (Lipinski definition) is 2. The van der Waals surface area contributed by atoms with Crippen LogP contribution >= 0.6 is 0 Å². The number of rotatable bonds is 14. The summed E-state index contributed by atoms with van der Waals surface area (Å²) in [5.74, 6) is 5.66. The van der Waals surface area contributed by atoms with Crippen LogP contribution in [0.2, 0.25) is 0 Å². The lowest BCUT2D eigenvalue weighted by molar-refractivity contribution is 0.150. The van der Waals surface area contributed by atoms with Crippen LogP contribution in [0.1, 0.15) is 23.1 Å². The van der Waals surface area contributed by atoms with Crippen molar-refractivity contribution in [3.8, 4) is 0 Å². The Balaban J connectivity index is 1.71. The van der Waals surface area contributed by atoms with E-state index in [2.05, 4.69) is 22.2 Å². The first-order valence-corrected chi connectivity index (χ1v) is 13.0. The fraction of sp³-hybridized carbons (Fsp3) is 0.259. The maximum Gasteiger partial charge on any atom is 0.297 e. The fourth-order valence-electron chi connectivity index (χ4n) is 3.57. The van der Waals surface area contributed by atoms with Crippen LogP contribution in [0.5, 0.6) is 0 Å². The number of aryl methyl sites for hydroxylation is 1. The smallest absolute Gasteiger partial charge is 0.297 e. The van der Waals surface area contributed by atoms with Crippen LogP contribution < -0.4 is 11.2 Å². The molecule has 0 radical (unpaired) electrons. The van der Waals surface area contributed by atoms with E-state index >= 15 is 0 Å². The lowest BCUT2D eigenvalue weighted by Gasteiger charge is -2.22. The van der Waals surface area contributed by atoms with Gasteiger partial charge in [0.05, 0.1) is 17.0 Å². The van der Waals surface area contributed by atoms with Crippen molar-refractivity contribution < 1.29 is 17.3 Å². The Hall–Kier alpha value is -3.69. The molecule has 0 saturated carbocycles. The predicted octanol–water partition coefficient (Wildman–Crippen LogP) is 4.67. The first kappa shape index (κ1) is 26.9. The molecule has 8 nitrogen and oxygen atoms in total. The van der Waals surface area contributed by atoms with Gasteiger partial charge in [-0.15, -0.1) is 0 Å². The summed E-state index contributed by atoms with van der Waals surface area (Å²) in [5, 5.41) is 10.6. The maximum absolute atomic E-state index is 13.0. The summed E-state index contributed by atoms with van der Waals surface area (Å²) >= 11 is 0. The van der Waals surface area contributed by atoms with E-state index in [1.807, 2.05) is 67.6 Å². The van der Waals surface area contributed by atoms with E-state index in [0.29, 0.717) is 18.9 Å². The molecular weight excluding hydrogens is 476 g/mol. The highest BCUT2D eigenvalue weighted by Gasteiger charge is 2.25. The molecule has 9 heteroatoms. The third kappa shape index (κ3) is 8.83. The van der Waals surface area contributed by atoms with E-state index in [9.17, 15) is 8.42 Å². The van der Waals surface area contributed by atoms with Crippen molar-refractivity contribution in [2.45, 2.75) is 43.4 Å². The van der Waals surface area contributed by atoms with Crippen LogP contribution in [0.3, 0.4) is 0 Å². The lowest BCUT2D eigenvalue weighted by Crippen LogP contribution is -2.34. The second kappa shape index (κ2) is 13.4. The van der Waals surface area contributed by atoms with Gasteiger partial charge in [-0.05, 0) is 43.2 Å². The predicted molar refractivity (Wildman–Crippen MR) is 139 cm³/mol. The average molecular weight is 509 g/mol. The van der Waals surface area contributed by atoms with E-state index in [-0.39, 0.29) is 17.9 Å². The van der Waals surface area contributed by atoms with Crippen LogP contribution in [0.15, 0.2) is 113 Å². The highest BCUT2D eigenvalue weighted by molar-refractivity contribution is 7.86. The van der Waals surface area contributed by atoms with E-state index < -0.39 is 22.3 Å².